The van der Waals surface area contributed by atoms with Gasteiger partial charge in [0.05, 0.1) is 11.4 Å². The second kappa shape index (κ2) is 6.62. The Bertz CT molecular complexity index is 1130. The number of sulfonamides is 1. The van der Waals surface area contributed by atoms with Crippen LogP contribution in [-0.2, 0) is 22.7 Å². The third kappa shape index (κ3) is 3.46. The summed E-state index contributed by atoms with van der Waals surface area (Å²) in [6, 6.07) is 9.84. The third-order valence-corrected chi connectivity index (χ3v) is 6.16. The number of rotatable bonds is 4. The van der Waals surface area contributed by atoms with Gasteiger partial charge in [-0.05, 0) is 36.2 Å². The van der Waals surface area contributed by atoms with Crippen molar-refractivity contribution in [2.24, 2.45) is 0 Å². The smallest absolute Gasteiger partial charge is 0.365 e. The Morgan fingerprint density at radius 1 is 1.14 bits per heavy atom. The van der Waals surface area contributed by atoms with Gasteiger partial charge in [-0.15, -0.1) is 15.3 Å². The van der Waals surface area contributed by atoms with Gasteiger partial charge < -0.3 is 5.32 Å². The molecule has 1 aromatic carbocycles. The number of hydrogen-bond acceptors (Lipinski definition) is 6. The van der Waals surface area contributed by atoms with E-state index in [0.29, 0.717) is 23.2 Å². The number of benzene rings is 1. The molecule has 0 aliphatic carbocycles. The van der Waals surface area contributed by atoms with Gasteiger partial charge >= 0.3 is 6.18 Å². The van der Waals surface area contributed by atoms with Crippen molar-refractivity contribution in [3.8, 4) is 0 Å². The van der Waals surface area contributed by atoms with Gasteiger partial charge in [0.1, 0.15) is 5.82 Å². The minimum atomic E-state index is -4.67. The van der Waals surface area contributed by atoms with E-state index in [0.717, 1.165) is 5.56 Å². The van der Waals surface area contributed by atoms with Crippen LogP contribution in [0.3, 0.4) is 0 Å². The van der Waals surface area contributed by atoms with Crippen LogP contribution < -0.4 is 9.62 Å². The van der Waals surface area contributed by atoms with Crippen molar-refractivity contribution in [3.05, 3.63) is 47.8 Å². The zero-order valence-corrected chi connectivity index (χ0v) is 15.2. The van der Waals surface area contributed by atoms with Crippen molar-refractivity contribution in [1.29, 1.82) is 0 Å². The van der Waals surface area contributed by atoms with Crippen molar-refractivity contribution in [3.63, 3.8) is 0 Å². The fourth-order valence-electron chi connectivity index (χ4n) is 3.00. The van der Waals surface area contributed by atoms with Gasteiger partial charge in [0.2, 0.25) is 10.0 Å². The molecule has 1 saturated heterocycles. The molecule has 0 saturated carbocycles. The number of alkyl halides is 3. The van der Waals surface area contributed by atoms with Crippen molar-refractivity contribution in [2.75, 3.05) is 21.9 Å². The SMILES string of the molecule is O=S1(=O)CCCN1c1cccc(CNc2ccc3nnc(C(F)(F)F)n3n2)c1. The third-order valence-electron chi connectivity index (χ3n) is 4.29. The highest BCUT2D eigenvalue weighted by molar-refractivity contribution is 7.93. The zero-order chi connectivity index (χ0) is 19.9. The molecule has 0 spiro atoms. The molecule has 1 fully saturated rings. The second-order valence-electron chi connectivity index (χ2n) is 6.28. The molecule has 8 nitrogen and oxygen atoms in total. The molecule has 0 atom stereocenters. The highest BCUT2D eigenvalue weighted by atomic mass is 32.2. The van der Waals surface area contributed by atoms with Crippen LogP contribution in [0.5, 0.6) is 0 Å². The normalized spacial score (nSPS) is 16.6. The molecule has 148 valence electrons. The summed E-state index contributed by atoms with van der Waals surface area (Å²) in [7, 11) is -3.28. The average molecular weight is 412 g/mol. The van der Waals surface area contributed by atoms with Crippen LogP contribution in [0.25, 0.3) is 5.65 Å². The predicted octanol–water partition coefficient (Wildman–Crippen LogP) is 2.30. The van der Waals surface area contributed by atoms with E-state index in [1.165, 1.54) is 16.4 Å². The number of hydrogen-bond donors (Lipinski definition) is 1. The topological polar surface area (TPSA) is 92.5 Å². The van der Waals surface area contributed by atoms with E-state index in [-0.39, 0.29) is 23.8 Å². The van der Waals surface area contributed by atoms with Crippen LogP contribution in [0.4, 0.5) is 24.7 Å². The summed E-state index contributed by atoms with van der Waals surface area (Å²) in [5, 5.41) is 13.4. The van der Waals surface area contributed by atoms with Gasteiger partial charge in [-0.25, -0.2) is 8.42 Å². The van der Waals surface area contributed by atoms with Crippen molar-refractivity contribution >= 4 is 27.2 Å². The van der Waals surface area contributed by atoms with Crippen LogP contribution >= 0.6 is 0 Å². The molecule has 1 N–H and O–H groups in total. The first-order valence-corrected chi connectivity index (χ1v) is 9.98. The first-order chi connectivity index (χ1) is 13.2. The molecule has 1 aliphatic rings. The maximum Gasteiger partial charge on any atom is 0.453 e. The minimum absolute atomic E-state index is 0.0147. The predicted molar refractivity (Wildman–Crippen MR) is 95.3 cm³/mol. The van der Waals surface area contributed by atoms with Crippen LogP contribution in [0, 0.1) is 0 Å². The maximum absolute atomic E-state index is 13.0. The molecule has 3 aromatic rings. The Kier molecular flexibility index (Phi) is 4.37. The minimum Gasteiger partial charge on any atom is -0.365 e. The Morgan fingerprint density at radius 2 is 1.96 bits per heavy atom. The molecule has 1 aliphatic heterocycles. The molecule has 2 aromatic heterocycles. The Balaban J connectivity index is 1.54. The summed E-state index contributed by atoms with van der Waals surface area (Å²) < 4.78 is 65.0. The van der Waals surface area contributed by atoms with Crippen LogP contribution in [0.15, 0.2) is 36.4 Å². The van der Waals surface area contributed by atoms with E-state index < -0.39 is 22.0 Å². The second-order valence-corrected chi connectivity index (χ2v) is 8.29. The number of anilines is 2. The lowest BCUT2D eigenvalue weighted by Crippen LogP contribution is -2.25. The number of fused-ring (bicyclic) bond motifs is 1. The summed E-state index contributed by atoms with van der Waals surface area (Å²) in [6.45, 7) is 0.689. The maximum atomic E-state index is 13.0. The van der Waals surface area contributed by atoms with E-state index in [2.05, 4.69) is 20.6 Å². The molecule has 28 heavy (non-hydrogen) atoms. The molecule has 0 bridgehead atoms. The quantitative estimate of drug-likeness (QED) is 0.707. The fourth-order valence-corrected chi connectivity index (χ4v) is 4.56. The molecule has 0 unspecified atom stereocenters. The Morgan fingerprint density at radius 3 is 2.68 bits per heavy atom. The first kappa shape index (κ1) is 18.5. The highest BCUT2D eigenvalue weighted by Crippen LogP contribution is 2.28. The first-order valence-electron chi connectivity index (χ1n) is 8.37. The van der Waals surface area contributed by atoms with Crippen LogP contribution in [0.2, 0.25) is 0 Å². The van der Waals surface area contributed by atoms with E-state index in [1.807, 2.05) is 0 Å². The summed E-state index contributed by atoms with van der Waals surface area (Å²) in [5.41, 5.74) is 1.32. The fraction of sp³-hybridized carbons (Fsp3) is 0.312. The van der Waals surface area contributed by atoms with E-state index in [4.69, 9.17) is 0 Å². The Hall–Kier alpha value is -2.89. The molecule has 4 rings (SSSR count). The van der Waals surface area contributed by atoms with E-state index in [1.54, 1.807) is 24.3 Å². The van der Waals surface area contributed by atoms with Gasteiger partial charge in [-0.2, -0.15) is 17.7 Å². The van der Waals surface area contributed by atoms with Crippen molar-refractivity contribution in [2.45, 2.75) is 19.1 Å². The van der Waals surface area contributed by atoms with E-state index >= 15 is 0 Å². The summed E-state index contributed by atoms with van der Waals surface area (Å²) in [6.07, 6.45) is -4.09. The van der Waals surface area contributed by atoms with Crippen molar-refractivity contribution in [1.82, 2.24) is 19.8 Å². The van der Waals surface area contributed by atoms with Crippen LogP contribution in [-0.4, -0.2) is 40.5 Å². The van der Waals surface area contributed by atoms with Gasteiger partial charge in [0.15, 0.2) is 5.65 Å². The molecule has 12 heteroatoms. The summed E-state index contributed by atoms with van der Waals surface area (Å²) in [4.78, 5) is 0. The molecule has 0 amide bonds. The van der Waals surface area contributed by atoms with Crippen molar-refractivity contribution < 1.29 is 21.6 Å². The average Bonchev–Trinajstić information content (AvgIpc) is 3.22. The number of nitrogens with zero attached hydrogens (tertiary/aromatic N) is 5. The largest absolute Gasteiger partial charge is 0.453 e. The standard InChI is InChI=1S/C16H15F3N6O2S/c17-16(18,19)15-22-21-14-6-5-13(23-25(14)15)20-10-11-3-1-4-12(9-11)24-7-2-8-28(24,26)27/h1,3-6,9H,2,7-8,10H2,(H,20,23). The van der Waals surface area contributed by atoms with Gasteiger partial charge in [0, 0.05) is 13.1 Å². The van der Waals surface area contributed by atoms with Gasteiger partial charge in [-0.3, -0.25) is 4.31 Å². The highest BCUT2D eigenvalue weighted by Gasteiger charge is 2.37. The van der Waals surface area contributed by atoms with E-state index in [9.17, 15) is 21.6 Å². The van der Waals surface area contributed by atoms with Gasteiger partial charge in [-0.1, -0.05) is 12.1 Å². The molecule has 0 radical (unpaired) electrons. The van der Waals surface area contributed by atoms with Crippen LogP contribution in [0.1, 0.15) is 17.8 Å². The summed E-state index contributed by atoms with van der Waals surface area (Å²) >= 11 is 0. The zero-order valence-electron chi connectivity index (χ0n) is 14.4. The monoisotopic (exact) mass is 412 g/mol. The molecular weight excluding hydrogens is 397 g/mol. The number of nitrogens with one attached hydrogen (secondary N) is 1. The summed E-state index contributed by atoms with van der Waals surface area (Å²) in [5.74, 6) is -0.871. The number of halogens is 3. The molecular formula is C16H15F3N6O2S. The lowest BCUT2D eigenvalue weighted by Gasteiger charge is -2.17. The lowest BCUT2D eigenvalue weighted by atomic mass is 10.2. The Labute approximate surface area is 158 Å². The molecule has 3 heterocycles. The number of aromatic nitrogens is 4. The van der Waals surface area contributed by atoms with Gasteiger partial charge in [0.25, 0.3) is 5.82 Å². The lowest BCUT2D eigenvalue weighted by molar-refractivity contribution is -0.146.